The molecule has 1 fully saturated rings. The van der Waals surface area contributed by atoms with E-state index in [1.165, 1.54) is 18.6 Å². The van der Waals surface area contributed by atoms with E-state index in [0.717, 1.165) is 18.8 Å². The molecule has 1 N–H and O–H groups in total. The first-order valence-corrected chi connectivity index (χ1v) is 4.25. The number of rotatable bonds is 2. The number of nitrogens with one attached hydrogen (secondary N) is 1. The molecule has 0 heterocycles. The average molecular weight is 152 g/mol. The van der Waals surface area contributed by atoms with Crippen LogP contribution in [0.5, 0.6) is 0 Å². The lowest BCUT2D eigenvalue weighted by Gasteiger charge is -2.18. The third kappa shape index (κ3) is 2.74. The quantitative estimate of drug-likeness (QED) is 0.603. The van der Waals surface area contributed by atoms with E-state index in [1.807, 2.05) is 0 Å². The van der Waals surface area contributed by atoms with E-state index in [2.05, 4.69) is 24.0 Å². The Hall–Kier alpha value is -0.790. The van der Waals surface area contributed by atoms with Crippen molar-refractivity contribution < 1.29 is 0 Å². The predicted octanol–water partition coefficient (Wildman–Crippen LogP) is 2.29. The second kappa shape index (κ2) is 4.16. The molecule has 62 valence electrons. The van der Waals surface area contributed by atoms with E-state index >= 15 is 0 Å². The lowest BCUT2D eigenvalue weighted by atomic mass is 9.89. The second-order valence-electron chi connectivity index (χ2n) is 3.21. The third-order valence-electron chi connectivity index (χ3n) is 2.06. The van der Waals surface area contributed by atoms with Gasteiger partial charge in [0.05, 0.1) is 0 Å². The van der Waals surface area contributed by atoms with Crippen LogP contribution in [-0.2, 0) is 0 Å². The lowest BCUT2D eigenvalue weighted by molar-refractivity contribution is 0.498. The van der Waals surface area contributed by atoms with Crippen molar-refractivity contribution in [2.75, 3.05) is 0 Å². The van der Waals surface area contributed by atoms with Crippen LogP contribution in [0.2, 0.25) is 0 Å². The van der Waals surface area contributed by atoms with E-state index < -0.39 is 0 Å². The molecule has 0 aromatic heterocycles. The summed E-state index contributed by atoms with van der Waals surface area (Å²) in [6.45, 7) is 5.83. The molecule has 1 saturated carbocycles. The summed E-state index contributed by atoms with van der Waals surface area (Å²) in [5, 5.41) is 4.20. The molecule has 1 aliphatic rings. The van der Waals surface area contributed by atoms with Crippen LogP contribution < -0.4 is 5.43 Å². The molecule has 1 atom stereocenters. The first-order chi connectivity index (χ1) is 5.33. The highest BCUT2D eigenvalue weighted by atomic mass is 15.3. The standard InChI is InChI=1S/C9H16N2/c1-3-10-11-9-6-4-5-8(2)7-9/h3,8,10H,1,4-7H2,2H3. The van der Waals surface area contributed by atoms with Gasteiger partial charge in [-0.05, 0) is 31.6 Å². The molecule has 0 bridgehead atoms. The molecule has 2 heteroatoms. The highest BCUT2D eigenvalue weighted by molar-refractivity contribution is 5.85. The summed E-state index contributed by atoms with van der Waals surface area (Å²) in [5.74, 6) is 0.814. The summed E-state index contributed by atoms with van der Waals surface area (Å²) in [4.78, 5) is 0. The Morgan fingerprint density at radius 1 is 1.73 bits per heavy atom. The fraction of sp³-hybridized carbons (Fsp3) is 0.667. The van der Waals surface area contributed by atoms with Gasteiger partial charge in [0.1, 0.15) is 0 Å². The molecule has 0 aliphatic heterocycles. The zero-order valence-electron chi connectivity index (χ0n) is 7.14. The first kappa shape index (κ1) is 8.31. The molecular weight excluding hydrogens is 136 g/mol. The molecule has 0 radical (unpaired) electrons. The Kier molecular flexibility index (Phi) is 3.14. The molecule has 11 heavy (non-hydrogen) atoms. The molecule has 1 rings (SSSR count). The van der Waals surface area contributed by atoms with Crippen LogP contribution in [-0.4, -0.2) is 5.71 Å². The van der Waals surface area contributed by atoms with Crippen LogP contribution in [0.25, 0.3) is 0 Å². The van der Waals surface area contributed by atoms with Crippen molar-refractivity contribution in [2.24, 2.45) is 11.0 Å². The normalized spacial score (nSPS) is 28.5. The lowest BCUT2D eigenvalue weighted by Crippen LogP contribution is -2.14. The monoisotopic (exact) mass is 152 g/mol. The fourth-order valence-corrected chi connectivity index (χ4v) is 1.50. The van der Waals surface area contributed by atoms with Crippen LogP contribution in [0.1, 0.15) is 32.6 Å². The molecule has 0 spiro atoms. The third-order valence-corrected chi connectivity index (χ3v) is 2.06. The minimum absolute atomic E-state index is 0.814. The zero-order valence-corrected chi connectivity index (χ0v) is 7.14. The molecule has 0 amide bonds. The van der Waals surface area contributed by atoms with Gasteiger partial charge in [-0.15, -0.1) is 0 Å². The maximum Gasteiger partial charge on any atom is 0.0385 e. The summed E-state index contributed by atoms with van der Waals surface area (Å²) in [6, 6.07) is 0. The summed E-state index contributed by atoms with van der Waals surface area (Å²) in [7, 11) is 0. The SMILES string of the molecule is C=CNN=C1CCCC(C)C1. The topological polar surface area (TPSA) is 24.4 Å². The minimum atomic E-state index is 0.814. The van der Waals surface area contributed by atoms with E-state index in [9.17, 15) is 0 Å². The van der Waals surface area contributed by atoms with Crippen molar-refractivity contribution in [3.05, 3.63) is 12.8 Å². The average Bonchev–Trinajstić information content (AvgIpc) is 2.01. The van der Waals surface area contributed by atoms with Crippen molar-refractivity contribution in [1.29, 1.82) is 0 Å². The van der Waals surface area contributed by atoms with Gasteiger partial charge in [-0.3, -0.25) is 5.43 Å². The van der Waals surface area contributed by atoms with Gasteiger partial charge in [0, 0.05) is 11.9 Å². The second-order valence-corrected chi connectivity index (χ2v) is 3.21. The van der Waals surface area contributed by atoms with Crippen molar-refractivity contribution in [2.45, 2.75) is 32.6 Å². The van der Waals surface area contributed by atoms with Crippen molar-refractivity contribution in [3.8, 4) is 0 Å². The van der Waals surface area contributed by atoms with Crippen LogP contribution in [0.3, 0.4) is 0 Å². The largest absolute Gasteiger partial charge is 0.286 e. The molecule has 1 aliphatic carbocycles. The molecule has 0 aromatic rings. The molecule has 1 unspecified atom stereocenters. The smallest absolute Gasteiger partial charge is 0.0385 e. The Labute approximate surface area is 68.4 Å². The summed E-state index contributed by atoms with van der Waals surface area (Å²) in [6.07, 6.45) is 6.57. The predicted molar refractivity (Wildman–Crippen MR) is 48.4 cm³/mol. The van der Waals surface area contributed by atoms with Crippen molar-refractivity contribution in [1.82, 2.24) is 5.43 Å². The van der Waals surface area contributed by atoms with E-state index in [4.69, 9.17) is 0 Å². The molecule has 0 saturated heterocycles. The van der Waals surface area contributed by atoms with E-state index in [-0.39, 0.29) is 0 Å². The zero-order chi connectivity index (χ0) is 8.10. The van der Waals surface area contributed by atoms with E-state index in [1.54, 1.807) is 6.20 Å². The molecular formula is C9H16N2. The summed E-state index contributed by atoms with van der Waals surface area (Å²) < 4.78 is 0. The highest BCUT2D eigenvalue weighted by Crippen LogP contribution is 2.20. The number of hydrogen-bond acceptors (Lipinski definition) is 2. The van der Waals surface area contributed by atoms with Gasteiger partial charge >= 0.3 is 0 Å². The summed E-state index contributed by atoms with van der Waals surface area (Å²) >= 11 is 0. The number of hydrogen-bond donors (Lipinski definition) is 1. The minimum Gasteiger partial charge on any atom is -0.286 e. The maximum atomic E-state index is 4.20. The van der Waals surface area contributed by atoms with Crippen LogP contribution in [0.15, 0.2) is 17.9 Å². The van der Waals surface area contributed by atoms with Gasteiger partial charge in [-0.2, -0.15) is 5.10 Å². The Morgan fingerprint density at radius 2 is 2.55 bits per heavy atom. The van der Waals surface area contributed by atoms with Gasteiger partial charge in [-0.1, -0.05) is 13.5 Å². The van der Waals surface area contributed by atoms with Crippen LogP contribution in [0, 0.1) is 5.92 Å². The van der Waals surface area contributed by atoms with Gasteiger partial charge in [0.25, 0.3) is 0 Å². The highest BCUT2D eigenvalue weighted by Gasteiger charge is 2.13. The number of hydrazone groups is 1. The van der Waals surface area contributed by atoms with Gasteiger partial charge < -0.3 is 0 Å². The van der Waals surface area contributed by atoms with Gasteiger partial charge in [-0.25, -0.2) is 0 Å². The summed E-state index contributed by atoms with van der Waals surface area (Å²) in [5.41, 5.74) is 4.09. The van der Waals surface area contributed by atoms with E-state index in [0.29, 0.717) is 0 Å². The van der Waals surface area contributed by atoms with Crippen LogP contribution >= 0.6 is 0 Å². The maximum absolute atomic E-state index is 4.20. The Balaban J connectivity index is 2.38. The van der Waals surface area contributed by atoms with Crippen LogP contribution in [0.4, 0.5) is 0 Å². The molecule has 2 nitrogen and oxygen atoms in total. The first-order valence-electron chi connectivity index (χ1n) is 4.25. The number of nitrogens with zero attached hydrogens (tertiary/aromatic N) is 1. The fourth-order valence-electron chi connectivity index (χ4n) is 1.50. The van der Waals surface area contributed by atoms with Gasteiger partial charge in [0.2, 0.25) is 0 Å². The Bertz CT molecular complexity index is 161. The van der Waals surface area contributed by atoms with Gasteiger partial charge in [0.15, 0.2) is 0 Å². The van der Waals surface area contributed by atoms with Crippen molar-refractivity contribution in [3.63, 3.8) is 0 Å². The van der Waals surface area contributed by atoms with Crippen molar-refractivity contribution >= 4 is 5.71 Å². The Morgan fingerprint density at radius 3 is 3.18 bits per heavy atom. The molecule has 0 aromatic carbocycles.